The summed E-state index contributed by atoms with van der Waals surface area (Å²) in [5, 5.41) is 0.544. The normalized spacial score (nSPS) is 11.5. The van der Waals surface area contributed by atoms with Gasteiger partial charge in [-0.3, -0.25) is 4.79 Å². The summed E-state index contributed by atoms with van der Waals surface area (Å²) in [6, 6.07) is 14.7. The number of nitrogens with zero attached hydrogens (tertiary/aromatic N) is 1. The molecule has 5 nitrogen and oxygen atoms in total. The number of hydrogen-bond donors (Lipinski definition) is 0. The minimum absolute atomic E-state index is 0.116. The summed E-state index contributed by atoms with van der Waals surface area (Å²) < 4.78 is 10.9. The molecule has 2 aromatic carbocycles. The highest BCUT2D eigenvalue weighted by atomic mass is 32.2. The molecule has 0 spiro atoms. The number of rotatable bonds is 6. The Balaban J connectivity index is 1.68. The van der Waals surface area contributed by atoms with Crippen molar-refractivity contribution in [2.75, 3.05) is 6.61 Å². The summed E-state index contributed by atoms with van der Waals surface area (Å²) in [6.45, 7) is 5.17. The van der Waals surface area contributed by atoms with Crippen LogP contribution in [0.5, 0.6) is 0 Å². The Labute approximate surface area is 162 Å². The summed E-state index contributed by atoms with van der Waals surface area (Å²) in [6.07, 6.45) is 0. The number of benzene rings is 2. The molecule has 140 valence electrons. The maximum Gasteiger partial charge on any atom is 0.338 e. The van der Waals surface area contributed by atoms with Crippen LogP contribution in [0.25, 0.3) is 11.1 Å². The van der Waals surface area contributed by atoms with E-state index in [0.29, 0.717) is 16.5 Å². The van der Waals surface area contributed by atoms with Gasteiger partial charge in [-0.15, -0.1) is 0 Å². The van der Waals surface area contributed by atoms with Crippen LogP contribution >= 0.6 is 11.8 Å². The third kappa shape index (κ3) is 4.77. The van der Waals surface area contributed by atoms with E-state index in [0.717, 1.165) is 16.7 Å². The Bertz CT molecular complexity index is 938. The average Bonchev–Trinajstić information content (AvgIpc) is 3.06. The predicted molar refractivity (Wildman–Crippen MR) is 105 cm³/mol. The zero-order valence-electron chi connectivity index (χ0n) is 15.5. The number of esters is 1. The SMILES string of the molecule is CC(C)(C)C(=O)COC(=O)c1ccccc1CSc1nc2ccccc2o1. The number of ketones is 1. The van der Waals surface area contributed by atoms with Crippen molar-refractivity contribution in [3.63, 3.8) is 0 Å². The molecular weight excluding hydrogens is 362 g/mol. The molecular formula is C21H21NO4S. The molecule has 0 unspecified atom stereocenters. The minimum Gasteiger partial charge on any atom is -0.454 e. The van der Waals surface area contributed by atoms with E-state index in [4.69, 9.17) is 9.15 Å². The molecule has 0 radical (unpaired) electrons. The van der Waals surface area contributed by atoms with Crippen LogP contribution < -0.4 is 0 Å². The number of carbonyl (C=O) groups excluding carboxylic acids is 2. The molecule has 0 bridgehead atoms. The predicted octanol–water partition coefficient (Wildman–Crippen LogP) is 4.89. The standard InChI is InChI=1S/C21H21NO4S/c1-21(2,3)18(23)12-25-19(24)15-9-5-4-8-14(15)13-27-20-22-16-10-6-7-11-17(16)26-20/h4-11H,12-13H2,1-3H3. The molecule has 1 aromatic heterocycles. The molecule has 0 N–H and O–H groups in total. The minimum atomic E-state index is -0.539. The van der Waals surface area contributed by atoms with Crippen molar-refractivity contribution in [1.29, 1.82) is 0 Å². The highest BCUT2D eigenvalue weighted by molar-refractivity contribution is 7.98. The molecule has 1 heterocycles. The van der Waals surface area contributed by atoms with Crippen molar-refractivity contribution in [3.05, 3.63) is 59.7 Å². The van der Waals surface area contributed by atoms with Crippen LogP contribution in [-0.2, 0) is 15.3 Å². The molecule has 0 atom stereocenters. The fraction of sp³-hybridized carbons (Fsp3) is 0.286. The van der Waals surface area contributed by atoms with Crippen LogP contribution in [0, 0.1) is 5.41 Å². The van der Waals surface area contributed by atoms with Gasteiger partial charge in [-0.1, -0.05) is 62.9 Å². The van der Waals surface area contributed by atoms with Gasteiger partial charge in [0.2, 0.25) is 0 Å². The second-order valence-electron chi connectivity index (χ2n) is 7.14. The van der Waals surface area contributed by atoms with Gasteiger partial charge in [-0.05, 0) is 23.8 Å². The molecule has 0 fully saturated rings. The Morgan fingerprint density at radius 1 is 1.07 bits per heavy atom. The molecule has 0 amide bonds. The molecule has 3 rings (SSSR count). The van der Waals surface area contributed by atoms with Gasteiger partial charge in [0, 0.05) is 11.2 Å². The second kappa shape index (κ2) is 7.96. The smallest absolute Gasteiger partial charge is 0.338 e. The van der Waals surface area contributed by atoms with E-state index in [1.807, 2.05) is 36.4 Å². The van der Waals surface area contributed by atoms with Gasteiger partial charge in [-0.2, -0.15) is 0 Å². The van der Waals surface area contributed by atoms with E-state index in [1.54, 1.807) is 32.9 Å². The lowest BCUT2D eigenvalue weighted by molar-refractivity contribution is -0.129. The molecule has 3 aromatic rings. The third-order valence-corrected chi connectivity index (χ3v) is 4.91. The van der Waals surface area contributed by atoms with Gasteiger partial charge >= 0.3 is 5.97 Å². The van der Waals surface area contributed by atoms with Gasteiger partial charge in [0.25, 0.3) is 5.22 Å². The summed E-state index contributed by atoms with van der Waals surface area (Å²) in [5.41, 5.74) is 2.24. The van der Waals surface area contributed by atoms with Crippen LogP contribution in [0.2, 0.25) is 0 Å². The van der Waals surface area contributed by atoms with Crippen LogP contribution in [0.15, 0.2) is 58.2 Å². The maximum absolute atomic E-state index is 12.4. The van der Waals surface area contributed by atoms with Crippen molar-refractivity contribution in [2.24, 2.45) is 5.41 Å². The van der Waals surface area contributed by atoms with E-state index in [1.165, 1.54) is 11.8 Å². The summed E-state index contributed by atoms with van der Waals surface area (Å²) in [4.78, 5) is 28.8. The van der Waals surface area contributed by atoms with Crippen molar-refractivity contribution >= 4 is 34.6 Å². The summed E-state index contributed by atoms with van der Waals surface area (Å²) >= 11 is 1.41. The lowest BCUT2D eigenvalue weighted by atomic mass is 9.91. The number of ether oxygens (including phenoxy) is 1. The molecule has 0 aliphatic carbocycles. The van der Waals surface area contributed by atoms with E-state index >= 15 is 0 Å². The molecule has 0 aliphatic rings. The highest BCUT2D eigenvalue weighted by Gasteiger charge is 2.23. The Morgan fingerprint density at radius 2 is 1.78 bits per heavy atom. The summed E-state index contributed by atoms with van der Waals surface area (Å²) in [7, 11) is 0. The van der Waals surface area contributed by atoms with Crippen LogP contribution in [-0.4, -0.2) is 23.3 Å². The fourth-order valence-corrected chi connectivity index (χ4v) is 3.17. The van der Waals surface area contributed by atoms with Crippen molar-refractivity contribution in [3.8, 4) is 0 Å². The zero-order chi connectivity index (χ0) is 19.4. The number of oxazole rings is 1. The van der Waals surface area contributed by atoms with E-state index < -0.39 is 11.4 Å². The first kappa shape index (κ1) is 19.2. The number of thioether (sulfide) groups is 1. The van der Waals surface area contributed by atoms with Gasteiger partial charge in [0.15, 0.2) is 18.0 Å². The van der Waals surface area contributed by atoms with E-state index in [9.17, 15) is 9.59 Å². The lowest BCUT2D eigenvalue weighted by Crippen LogP contribution is -2.26. The first-order chi connectivity index (χ1) is 12.8. The Morgan fingerprint density at radius 3 is 2.52 bits per heavy atom. The highest BCUT2D eigenvalue weighted by Crippen LogP contribution is 2.27. The van der Waals surface area contributed by atoms with Gasteiger partial charge < -0.3 is 9.15 Å². The van der Waals surface area contributed by atoms with Crippen molar-refractivity contribution in [1.82, 2.24) is 4.98 Å². The second-order valence-corrected chi connectivity index (χ2v) is 8.07. The number of Topliss-reactive ketones (excluding diaryl/α,β-unsaturated/α-hetero) is 1. The van der Waals surface area contributed by atoms with E-state index in [2.05, 4.69) is 4.98 Å². The monoisotopic (exact) mass is 383 g/mol. The molecule has 0 aliphatic heterocycles. The number of aromatic nitrogens is 1. The number of carbonyl (C=O) groups is 2. The molecule has 27 heavy (non-hydrogen) atoms. The largest absolute Gasteiger partial charge is 0.454 e. The first-order valence-electron chi connectivity index (χ1n) is 8.61. The lowest BCUT2D eigenvalue weighted by Gasteiger charge is -2.16. The van der Waals surface area contributed by atoms with Gasteiger partial charge in [0.1, 0.15) is 5.52 Å². The molecule has 0 saturated heterocycles. The zero-order valence-corrected chi connectivity index (χ0v) is 16.3. The number of fused-ring (bicyclic) bond motifs is 1. The van der Waals surface area contributed by atoms with Crippen LogP contribution in [0.4, 0.5) is 0 Å². The Kier molecular flexibility index (Phi) is 5.65. The fourth-order valence-electron chi connectivity index (χ4n) is 2.32. The average molecular weight is 383 g/mol. The van der Waals surface area contributed by atoms with Crippen molar-refractivity contribution in [2.45, 2.75) is 31.7 Å². The van der Waals surface area contributed by atoms with Crippen LogP contribution in [0.1, 0.15) is 36.7 Å². The number of para-hydroxylation sites is 2. The van der Waals surface area contributed by atoms with Gasteiger partial charge in [0.05, 0.1) is 5.56 Å². The van der Waals surface area contributed by atoms with Crippen molar-refractivity contribution < 1.29 is 18.7 Å². The number of hydrogen-bond acceptors (Lipinski definition) is 6. The summed E-state index contributed by atoms with van der Waals surface area (Å²) in [5.74, 6) is -0.110. The molecule has 6 heteroatoms. The maximum atomic E-state index is 12.4. The van der Waals surface area contributed by atoms with E-state index in [-0.39, 0.29) is 12.4 Å². The third-order valence-electron chi connectivity index (χ3n) is 4.03. The topological polar surface area (TPSA) is 69.4 Å². The quantitative estimate of drug-likeness (QED) is 0.446. The first-order valence-corrected chi connectivity index (χ1v) is 9.60. The van der Waals surface area contributed by atoms with Gasteiger partial charge in [-0.25, -0.2) is 9.78 Å². The van der Waals surface area contributed by atoms with Crippen LogP contribution in [0.3, 0.4) is 0 Å². The Hall–Kier alpha value is -2.60. The molecule has 0 saturated carbocycles.